The van der Waals surface area contributed by atoms with Gasteiger partial charge in [0.15, 0.2) is 6.04 Å². The summed E-state index contributed by atoms with van der Waals surface area (Å²) in [6.07, 6.45) is 0. The molecule has 3 N–H and O–H groups in total. The summed E-state index contributed by atoms with van der Waals surface area (Å²) in [4.78, 5) is 35.1. The lowest BCUT2D eigenvalue weighted by atomic mass is 10.0. The molecule has 0 aromatic heterocycles. The van der Waals surface area contributed by atoms with Crippen LogP contribution in [0.4, 0.5) is 4.39 Å². The van der Waals surface area contributed by atoms with E-state index in [2.05, 4.69) is 10.6 Å². The van der Waals surface area contributed by atoms with Gasteiger partial charge in [-0.15, -0.1) is 0 Å². The predicted molar refractivity (Wildman–Crippen MR) is 82.8 cm³/mol. The summed E-state index contributed by atoms with van der Waals surface area (Å²) >= 11 is 0. The van der Waals surface area contributed by atoms with Crippen molar-refractivity contribution in [2.24, 2.45) is 5.92 Å². The van der Waals surface area contributed by atoms with Crippen LogP contribution in [0.5, 0.6) is 0 Å². The average molecular weight is 324 g/mol. The van der Waals surface area contributed by atoms with E-state index >= 15 is 0 Å². The van der Waals surface area contributed by atoms with E-state index in [1.54, 1.807) is 38.1 Å². The van der Waals surface area contributed by atoms with E-state index in [1.165, 1.54) is 0 Å². The maximum atomic E-state index is 12.6. The minimum Gasteiger partial charge on any atom is -0.480 e. The van der Waals surface area contributed by atoms with Crippen molar-refractivity contribution in [2.75, 3.05) is 6.67 Å². The molecule has 0 saturated carbocycles. The zero-order valence-electron chi connectivity index (χ0n) is 13.3. The number of aryl methyl sites for hydroxylation is 1. The van der Waals surface area contributed by atoms with Gasteiger partial charge in [-0.05, 0) is 25.0 Å². The highest BCUT2D eigenvalue weighted by Crippen LogP contribution is 2.07. The number of rotatable bonds is 7. The van der Waals surface area contributed by atoms with Crippen molar-refractivity contribution in [2.45, 2.75) is 32.9 Å². The van der Waals surface area contributed by atoms with E-state index in [1.807, 2.05) is 6.92 Å². The van der Waals surface area contributed by atoms with Crippen LogP contribution in [0.2, 0.25) is 0 Å². The van der Waals surface area contributed by atoms with Crippen molar-refractivity contribution < 1.29 is 23.9 Å². The first kappa shape index (κ1) is 18.6. The van der Waals surface area contributed by atoms with Gasteiger partial charge in [0.2, 0.25) is 5.91 Å². The summed E-state index contributed by atoms with van der Waals surface area (Å²) in [5, 5.41) is 13.4. The van der Waals surface area contributed by atoms with Crippen LogP contribution in [0, 0.1) is 12.8 Å². The number of amides is 2. The van der Waals surface area contributed by atoms with Gasteiger partial charge in [0.05, 0.1) is 0 Å². The largest absolute Gasteiger partial charge is 0.480 e. The Hall–Kier alpha value is -2.44. The molecule has 1 rings (SSSR count). The van der Waals surface area contributed by atoms with E-state index < -0.39 is 36.5 Å². The number of nitrogens with one attached hydrogen (secondary N) is 2. The molecular formula is C16H21FN2O4. The number of hydrogen-bond donors (Lipinski definition) is 3. The van der Waals surface area contributed by atoms with Gasteiger partial charge in [-0.2, -0.15) is 0 Å². The lowest BCUT2D eigenvalue weighted by Gasteiger charge is -2.23. The van der Waals surface area contributed by atoms with Gasteiger partial charge in [-0.3, -0.25) is 9.59 Å². The van der Waals surface area contributed by atoms with Gasteiger partial charge in [0, 0.05) is 5.56 Å². The predicted octanol–water partition coefficient (Wildman–Crippen LogP) is 1.29. The molecule has 6 nitrogen and oxygen atoms in total. The van der Waals surface area contributed by atoms with Gasteiger partial charge in [-0.1, -0.05) is 31.5 Å². The highest BCUT2D eigenvalue weighted by atomic mass is 19.1. The summed E-state index contributed by atoms with van der Waals surface area (Å²) in [7, 11) is 0. The zero-order chi connectivity index (χ0) is 17.6. The van der Waals surface area contributed by atoms with Crippen LogP contribution >= 0.6 is 0 Å². The standard InChI is InChI=1S/C16H21FN2O4/c1-9(2)13(15(21)18-12(8-17)16(22)23)19-14(20)11-6-4-10(3)5-7-11/h4-7,9,12-13H,8H2,1-3H3,(H,18,21)(H,19,20)(H,22,23). The average Bonchev–Trinajstić information content (AvgIpc) is 2.49. The third-order valence-corrected chi connectivity index (χ3v) is 3.32. The minimum atomic E-state index is -1.62. The first-order valence-corrected chi connectivity index (χ1v) is 7.23. The molecule has 23 heavy (non-hydrogen) atoms. The maximum Gasteiger partial charge on any atom is 0.328 e. The van der Waals surface area contributed by atoms with Crippen LogP contribution in [-0.4, -0.2) is 41.6 Å². The summed E-state index contributed by atoms with van der Waals surface area (Å²) in [6.45, 7) is 4.06. The van der Waals surface area contributed by atoms with Crippen LogP contribution in [-0.2, 0) is 9.59 Å². The summed E-state index contributed by atoms with van der Waals surface area (Å²) < 4.78 is 12.6. The number of halogens is 1. The van der Waals surface area contributed by atoms with E-state index in [9.17, 15) is 18.8 Å². The first-order chi connectivity index (χ1) is 10.8. The number of aliphatic carboxylic acids is 1. The van der Waals surface area contributed by atoms with Gasteiger partial charge >= 0.3 is 5.97 Å². The Labute approximate surface area is 134 Å². The molecule has 1 aromatic rings. The maximum absolute atomic E-state index is 12.6. The third kappa shape index (κ3) is 5.36. The van der Waals surface area contributed by atoms with E-state index in [0.29, 0.717) is 5.56 Å². The van der Waals surface area contributed by atoms with Crippen LogP contribution in [0.25, 0.3) is 0 Å². The number of hydrogen-bond acceptors (Lipinski definition) is 3. The Morgan fingerprint density at radius 3 is 2.13 bits per heavy atom. The molecule has 0 aliphatic heterocycles. The van der Waals surface area contributed by atoms with Crippen LogP contribution in [0.3, 0.4) is 0 Å². The monoisotopic (exact) mass is 324 g/mol. The van der Waals surface area contributed by atoms with E-state index in [0.717, 1.165) is 5.56 Å². The van der Waals surface area contributed by atoms with Crippen LogP contribution < -0.4 is 10.6 Å². The smallest absolute Gasteiger partial charge is 0.328 e. The molecule has 0 heterocycles. The molecule has 0 spiro atoms. The van der Waals surface area contributed by atoms with Gasteiger partial charge < -0.3 is 15.7 Å². The minimum absolute atomic E-state index is 0.293. The molecule has 1 aromatic carbocycles. The fourth-order valence-electron chi connectivity index (χ4n) is 1.89. The topological polar surface area (TPSA) is 95.5 Å². The van der Waals surface area contributed by atoms with Crippen molar-refractivity contribution in [3.05, 3.63) is 35.4 Å². The molecule has 0 aliphatic rings. The Morgan fingerprint density at radius 2 is 1.70 bits per heavy atom. The Kier molecular flexibility index (Phi) is 6.68. The van der Waals surface area contributed by atoms with Crippen LogP contribution in [0.1, 0.15) is 29.8 Å². The number of carboxylic acid groups (broad SMARTS) is 1. The molecule has 0 aliphatic carbocycles. The van der Waals surface area contributed by atoms with Gasteiger partial charge in [0.25, 0.3) is 5.91 Å². The highest BCUT2D eigenvalue weighted by Gasteiger charge is 2.28. The van der Waals surface area contributed by atoms with Gasteiger partial charge in [0.1, 0.15) is 12.7 Å². The second-order valence-corrected chi connectivity index (χ2v) is 5.61. The number of alkyl halides is 1. The quantitative estimate of drug-likeness (QED) is 0.704. The normalized spacial score (nSPS) is 13.3. The van der Waals surface area contributed by atoms with Crippen molar-refractivity contribution in [1.82, 2.24) is 10.6 Å². The summed E-state index contributed by atoms with van der Waals surface area (Å²) in [5.74, 6) is -2.94. The molecule has 0 bridgehead atoms. The second kappa shape index (κ2) is 8.26. The Balaban J connectivity index is 2.82. The van der Waals surface area contributed by atoms with Crippen molar-refractivity contribution >= 4 is 17.8 Å². The number of benzene rings is 1. The van der Waals surface area contributed by atoms with Crippen molar-refractivity contribution in [3.63, 3.8) is 0 Å². The third-order valence-electron chi connectivity index (χ3n) is 3.32. The molecule has 7 heteroatoms. The molecular weight excluding hydrogens is 303 g/mol. The Morgan fingerprint density at radius 1 is 1.13 bits per heavy atom. The van der Waals surface area contributed by atoms with E-state index in [-0.39, 0.29) is 5.92 Å². The molecule has 0 fully saturated rings. The summed E-state index contributed by atoms with van der Waals surface area (Å²) in [6, 6.07) is 4.20. The van der Waals surface area contributed by atoms with Crippen molar-refractivity contribution in [1.29, 1.82) is 0 Å². The van der Waals surface area contributed by atoms with Crippen LogP contribution in [0.15, 0.2) is 24.3 Å². The fourth-order valence-corrected chi connectivity index (χ4v) is 1.89. The molecule has 0 radical (unpaired) electrons. The fraction of sp³-hybridized carbons (Fsp3) is 0.438. The highest BCUT2D eigenvalue weighted by molar-refractivity contribution is 5.98. The molecule has 2 atom stereocenters. The molecule has 0 saturated heterocycles. The zero-order valence-corrected chi connectivity index (χ0v) is 13.3. The lowest BCUT2D eigenvalue weighted by Crippen LogP contribution is -2.54. The molecule has 126 valence electrons. The number of carboxylic acids is 1. The lowest BCUT2D eigenvalue weighted by molar-refractivity contribution is -0.142. The number of carbonyl (C=O) groups is 3. The second-order valence-electron chi connectivity index (χ2n) is 5.61. The first-order valence-electron chi connectivity index (χ1n) is 7.23. The summed E-state index contributed by atoms with van der Waals surface area (Å²) in [5.41, 5.74) is 1.38. The van der Waals surface area contributed by atoms with E-state index in [4.69, 9.17) is 5.11 Å². The molecule has 2 unspecified atom stereocenters. The molecule has 2 amide bonds. The van der Waals surface area contributed by atoms with Crippen molar-refractivity contribution in [3.8, 4) is 0 Å². The number of carbonyl (C=O) groups excluding carboxylic acids is 2. The van der Waals surface area contributed by atoms with Gasteiger partial charge in [-0.25, -0.2) is 9.18 Å². The SMILES string of the molecule is Cc1ccc(C(=O)NC(C(=O)NC(CF)C(=O)O)C(C)C)cc1. The Bertz CT molecular complexity index is 572.